The largest absolute Gasteiger partial charge is 0.496 e. The van der Waals surface area contributed by atoms with Crippen LogP contribution in [0.15, 0.2) is 18.2 Å². The summed E-state index contributed by atoms with van der Waals surface area (Å²) in [5.41, 5.74) is 1.71. The Kier molecular flexibility index (Phi) is 2.62. The molecule has 0 radical (unpaired) electrons. The van der Waals surface area contributed by atoms with E-state index in [-0.39, 0.29) is 11.4 Å². The molecule has 1 aliphatic carbocycles. The second kappa shape index (κ2) is 3.81. The van der Waals surface area contributed by atoms with E-state index < -0.39 is 0 Å². The maximum atomic E-state index is 11.7. The van der Waals surface area contributed by atoms with E-state index >= 15 is 0 Å². The molecule has 1 fully saturated rings. The van der Waals surface area contributed by atoms with E-state index in [1.54, 1.807) is 7.11 Å². The minimum Gasteiger partial charge on any atom is -0.496 e. The lowest BCUT2D eigenvalue weighted by atomic mass is 9.94. The van der Waals surface area contributed by atoms with Gasteiger partial charge in [0.05, 0.1) is 19.6 Å². The molecule has 3 nitrogen and oxygen atoms in total. The van der Waals surface area contributed by atoms with E-state index in [0.29, 0.717) is 0 Å². The smallest absolute Gasteiger partial charge is 0.316 e. The highest BCUT2D eigenvalue weighted by Crippen LogP contribution is 2.49. The highest BCUT2D eigenvalue weighted by Gasteiger charge is 2.52. The molecule has 0 heterocycles. The normalized spacial score (nSPS) is 16.7. The van der Waals surface area contributed by atoms with Crippen LogP contribution in [0.4, 0.5) is 0 Å². The van der Waals surface area contributed by atoms with Gasteiger partial charge in [-0.3, -0.25) is 4.79 Å². The van der Waals surface area contributed by atoms with Crippen LogP contribution in [0.5, 0.6) is 5.75 Å². The van der Waals surface area contributed by atoms with Gasteiger partial charge in [-0.25, -0.2) is 0 Å². The molecule has 16 heavy (non-hydrogen) atoms. The molecule has 86 valence electrons. The molecule has 0 aromatic heterocycles. The lowest BCUT2D eigenvalue weighted by molar-refractivity contribution is -0.143. The van der Waals surface area contributed by atoms with Gasteiger partial charge in [0.1, 0.15) is 5.75 Å². The zero-order valence-corrected chi connectivity index (χ0v) is 9.87. The molecule has 1 saturated carbocycles. The summed E-state index contributed by atoms with van der Waals surface area (Å²) in [7, 11) is 3.09. The Balaban J connectivity index is 2.35. The SMILES string of the molecule is COC(=O)C1(c2ccc(OC)c(C)c2)CC1. The first-order valence-electron chi connectivity index (χ1n) is 5.37. The summed E-state index contributed by atoms with van der Waals surface area (Å²) in [6, 6.07) is 5.88. The fourth-order valence-electron chi connectivity index (χ4n) is 2.11. The van der Waals surface area contributed by atoms with Crippen molar-refractivity contribution in [3.8, 4) is 5.75 Å². The van der Waals surface area contributed by atoms with Crippen molar-refractivity contribution in [3.63, 3.8) is 0 Å². The maximum Gasteiger partial charge on any atom is 0.316 e. The number of methoxy groups -OCH3 is 2. The van der Waals surface area contributed by atoms with Gasteiger partial charge in [0, 0.05) is 0 Å². The second-order valence-corrected chi connectivity index (χ2v) is 4.26. The van der Waals surface area contributed by atoms with Crippen molar-refractivity contribution < 1.29 is 14.3 Å². The Hall–Kier alpha value is -1.51. The Morgan fingerprint density at radius 1 is 1.31 bits per heavy atom. The lowest BCUT2D eigenvalue weighted by Crippen LogP contribution is -2.21. The number of ether oxygens (including phenoxy) is 2. The highest BCUT2D eigenvalue weighted by atomic mass is 16.5. The maximum absolute atomic E-state index is 11.7. The monoisotopic (exact) mass is 220 g/mol. The molecule has 0 atom stereocenters. The fraction of sp³-hybridized carbons (Fsp3) is 0.462. The standard InChI is InChI=1S/C13H16O3/c1-9-8-10(4-5-11(9)15-2)13(6-7-13)12(14)16-3/h4-5,8H,6-7H2,1-3H3. The summed E-state index contributed by atoms with van der Waals surface area (Å²) in [6.45, 7) is 1.98. The Morgan fingerprint density at radius 2 is 2.00 bits per heavy atom. The molecule has 1 aromatic carbocycles. The first-order valence-corrected chi connectivity index (χ1v) is 5.37. The molecule has 1 aliphatic rings. The van der Waals surface area contributed by atoms with Crippen LogP contribution in [0.3, 0.4) is 0 Å². The molecule has 3 heteroatoms. The molecular formula is C13H16O3. The van der Waals surface area contributed by atoms with Crippen molar-refractivity contribution in [3.05, 3.63) is 29.3 Å². The number of esters is 1. The number of benzene rings is 1. The van der Waals surface area contributed by atoms with Gasteiger partial charge in [-0.1, -0.05) is 12.1 Å². The highest BCUT2D eigenvalue weighted by molar-refractivity contribution is 5.86. The minimum atomic E-state index is -0.383. The van der Waals surface area contributed by atoms with Gasteiger partial charge in [0.25, 0.3) is 0 Å². The van der Waals surface area contributed by atoms with Crippen molar-refractivity contribution in [2.24, 2.45) is 0 Å². The van der Waals surface area contributed by atoms with Crippen LogP contribution in [0, 0.1) is 6.92 Å². The third kappa shape index (κ3) is 1.56. The van der Waals surface area contributed by atoms with Gasteiger partial charge in [-0.05, 0) is 37.0 Å². The Morgan fingerprint density at radius 3 is 2.44 bits per heavy atom. The van der Waals surface area contributed by atoms with Crippen LogP contribution in [-0.4, -0.2) is 20.2 Å². The number of aryl methyl sites for hydroxylation is 1. The fourth-order valence-corrected chi connectivity index (χ4v) is 2.11. The molecule has 0 unspecified atom stereocenters. The van der Waals surface area contributed by atoms with E-state index in [1.807, 2.05) is 25.1 Å². The predicted octanol–water partition coefficient (Wildman–Crippen LogP) is 2.21. The van der Waals surface area contributed by atoms with Crippen LogP contribution in [0.1, 0.15) is 24.0 Å². The van der Waals surface area contributed by atoms with Crippen molar-refractivity contribution in [1.29, 1.82) is 0 Å². The minimum absolute atomic E-state index is 0.128. The van der Waals surface area contributed by atoms with E-state index in [0.717, 1.165) is 29.7 Å². The van der Waals surface area contributed by atoms with Gasteiger partial charge >= 0.3 is 5.97 Å². The van der Waals surface area contributed by atoms with Crippen LogP contribution in [0.25, 0.3) is 0 Å². The molecular weight excluding hydrogens is 204 g/mol. The average molecular weight is 220 g/mol. The van der Waals surface area contributed by atoms with Crippen LogP contribution in [-0.2, 0) is 14.9 Å². The van der Waals surface area contributed by atoms with Crippen molar-refractivity contribution in [2.45, 2.75) is 25.2 Å². The molecule has 0 saturated heterocycles. The third-order valence-electron chi connectivity index (χ3n) is 3.27. The molecule has 0 bridgehead atoms. The summed E-state index contributed by atoms with van der Waals surface area (Å²) >= 11 is 0. The van der Waals surface area contributed by atoms with Crippen LogP contribution in [0.2, 0.25) is 0 Å². The molecule has 0 spiro atoms. The van der Waals surface area contributed by atoms with Crippen molar-refractivity contribution >= 4 is 5.97 Å². The van der Waals surface area contributed by atoms with Crippen molar-refractivity contribution in [2.75, 3.05) is 14.2 Å². The Labute approximate surface area is 95.4 Å². The quantitative estimate of drug-likeness (QED) is 0.733. The van der Waals surface area contributed by atoms with E-state index in [2.05, 4.69) is 0 Å². The van der Waals surface area contributed by atoms with Crippen molar-refractivity contribution in [1.82, 2.24) is 0 Å². The molecule has 2 rings (SSSR count). The Bertz CT molecular complexity index is 419. The molecule has 0 amide bonds. The van der Waals surface area contributed by atoms with E-state index in [1.165, 1.54) is 7.11 Å². The predicted molar refractivity (Wildman–Crippen MR) is 60.7 cm³/mol. The van der Waals surface area contributed by atoms with Gasteiger partial charge in [0.15, 0.2) is 0 Å². The number of carbonyl (C=O) groups is 1. The molecule has 0 N–H and O–H groups in total. The van der Waals surface area contributed by atoms with E-state index in [4.69, 9.17) is 9.47 Å². The number of carbonyl (C=O) groups excluding carboxylic acids is 1. The van der Waals surface area contributed by atoms with Crippen LogP contribution >= 0.6 is 0 Å². The van der Waals surface area contributed by atoms with Gasteiger partial charge in [0.2, 0.25) is 0 Å². The summed E-state index contributed by atoms with van der Waals surface area (Å²) < 4.78 is 10.1. The molecule has 0 aliphatic heterocycles. The molecule has 1 aromatic rings. The first-order chi connectivity index (χ1) is 7.64. The summed E-state index contributed by atoms with van der Waals surface area (Å²) in [5, 5.41) is 0. The zero-order chi connectivity index (χ0) is 11.8. The van der Waals surface area contributed by atoms with Gasteiger partial charge < -0.3 is 9.47 Å². The summed E-state index contributed by atoms with van der Waals surface area (Å²) in [4.78, 5) is 11.7. The number of rotatable bonds is 3. The zero-order valence-electron chi connectivity index (χ0n) is 9.87. The second-order valence-electron chi connectivity index (χ2n) is 4.26. The summed E-state index contributed by atoms with van der Waals surface area (Å²) in [6.07, 6.45) is 1.76. The topological polar surface area (TPSA) is 35.5 Å². The average Bonchev–Trinajstić information content (AvgIpc) is 3.09. The first kappa shape index (κ1) is 11.0. The van der Waals surface area contributed by atoms with Gasteiger partial charge in [-0.2, -0.15) is 0 Å². The lowest BCUT2D eigenvalue weighted by Gasteiger charge is -2.14. The summed E-state index contributed by atoms with van der Waals surface area (Å²) in [5.74, 6) is 0.724. The third-order valence-corrected chi connectivity index (χ3v) is 3.27. The van der Waals surface area contributed by atoms with Crippen LogP contribution < -0.4 is 4.74 Å². The number of hydrogen-bond donors (Lipinski definition) is 0. The van der Waals surface area contributed by atoms with Gasteiger partial charge in [-0.15, -0.1) is 0 Å². The van der Waals surface area contributed by atoms with E-state index in [9.17, 15) is 4.79 Å². The number of hydrogen-bond acceptors (Lipinski definition) is 3.